The van der Waals surface area contributed by atoms with Gasteiger partial charge < -0.3 is 19.7 Å². The van der Waals surface area contributed by atoms with E-state index in [0.717, 1.165) is 5.56 Å². The lowest BCUT2D eigenvalue weighted by Gasteiger charge is -2.31. The molecule has 0 saturated carbocycles. The average molecular weight is 382 g/mol. The van der Waals surface area contributed by atoms with Gasteiger partial charge in [0, 0.05) is 30.6 Å². The summed E-state index contributed by atoms with van der Waals surface area (Å²) >= 11 is 0. The van der Waals surface area contributed by atoms with Crippen LogP contribution in [0.3, 0.4) is 0 Å². The standard InChI is InChI=1S/C22H26N2O4/c1-15-4-6-17(7-5-15)22(26)24-12-10-16(11-13-24)21(25)23-19-14-18(27-2)8-9-20(19)28-3/h4-9,14,16H,10-13H2,1-3H3,(H,23,25). The van der Waals surface area contributed by atoms with Gasteiger partial charge in [0.25, 0.3) is 5.91 Å². The number of likely N-dealkylation sites (tertiary alicyclic amines) is 1. The molecule has 2 amide bonds. The first kappa shape index (κ1) is 19.7. The third kappa shape index (κ3) is 4.44. The van der Waals surface area contributed by atoms with Crippen molar-refractivity contribution in [1.29, 1.82) is 0 Å². The van der Waals surface area contributed by atoms with Crippen LogP contribution < -0.4 is 14.8 Å². The number of piperidine rings is 1. The van der Waals surface area contributed by atoms with Crippen LogP contribution in [0, 0.1) is 12.8 Å². The fourth-order valence-electron chi connectivity index (χ4n) is 3.37. The second-order valence-electron chi connectivity index (χ2n) is 6.99. The minimum absolute atomic E-state index is 0.0216. The van der Waals surface area contributed by atoms with E-state index in [9.17, 15) is 9.59 Å². The van der Waals surface area contributed by atoms with Crippen LogP contribution in [0.25, 0.3) is 0 Å². The summed E-state index contributed by atoms with van der Waals surface area (Å²) in [4.78, 5) is 27.2. The highest BCUT2D eigenvalue weighted by molar-refractivity contribution is 5.96. The summed E-state index contributed by atoms with van der Waals surface area (Å²) in [6, 6.07) is 12.9. The third-order valence-corrected chi connectivity index (χ3v) is 5.12. The Hall–Kier alpha value is -3.02. The fourth-order valence-corrected chi connectivity index (χ4v) is 3.37. The largest absolute Gasteiger partial charge is 0.497 e. The first-order valence-corrected chi connectivity index (χ1v) is 9.40. The molecule has 1 aliphatic heterocycles. The number of nitrogens with one attached hydrogen (secondary N) is 1. The van der Waals surface area contributed by atoms with Gasteiger partial charge in [-0.3, -0.25) is 9.59 Å². The molecule has 0 aliphatic carbocycles. The quantitative estimate of drug-likeness (QED) is 0.859. The Morgan fingerprint density at radius 3 is 2.29 bits per heavy atom. The number of hydrogen-bond donors (Lipinski definition) is 1. The maximum atomic E-state index is 12.7. The Morgan fingerprint density at radius 2 is 1.68 bits per heavy atom. The molecule has 0 bridgehead atoms. The van der Waals surface area contributed by atoms with E-state index in [2.05, 4.69) is 5.32 Å². The van der Waals surface area contributed by atoms with Gasteiger partial charge in [0.1, 0.15) is 11.5 Å². The molecule has 0 radical (unpaired) electrons. The monoisotopic (exact) mass is 382 g/mol. The molecule has 1 heterocycles. The van der Waals surface area contributed by atoms with Gasteiger partial charge in [0.15, 0.2) is 0 Å². The molecule has 148 valence electrons. The van der Waals surface area contributed by atoms with Gasteiger partial charge in [0.2, 0.25) is 5.91 Å². The molecule has 2 aromatic rings. The van der Waals surface area contributed by atoms with E-state index in [1.807, 2.05) is 36.1 Å². The van der Waals surface area contributed by atoms with Crippen LogP contribution in [-0.4, -0.2) is 44.0 Å². The molecule has 1 fully saturated rings. The molecule has 28 heavy (non-hydrogen) atoms. The normalized spacial score (nSPS) is 14.5. The zero-order valence-corrected chi connectivity index (χ0v) is 16.5. The Morgan fingerprint density at radius 1 is 1.00 bits per heavy atom. The lowest BCUT2D eigenvalue weighted by molar-refractivity contribution is -0.121. The second kappa shape index (κ2) is 8.78. The summed E-state index contributed by atoms with van der Waals surface area (Å²) in [6.07, 6.45) is 1.27. The van der Waals surface area contributed by atoms with E-state index in [1.54, 1.807) is 32.4 Å². The number of carbonyl (C=O) groups excluding carboxylic acids is 2. The Bertz CT molecular complexity index is 840. The molecular formula is C22H26N2O4. The number of methoxy groups -OCH3 is 2. The molecular weight excluding hydrogens is 356 g/mol. The van der Waals surface area contributed by atoms with Gasteiger partial charge in [0.05, 0.1) is 19.9 Å². The highest BCUT2D eigenvalue weighted by Crippen LogP contribution is 2.30. The first-order valence-electron chi connectivity index (χ1n) is 9.40. The molecule has 0 atom stereocenters. The maximum absolute atomic E-state index is 12.7. The number of nitrogens with zero attached hydrogens (tertiary/aromatic N) is 1. The van der Waals surface area contributed by atoms with E-state index < -0.39 is 0 Å². The minimum Gasteiger partial charge on any atom is -0.497 e. The van der Waals surface area contributed by atoms with Crippen molar-refractivity contribution < 1.29 is 19.1 Å². The third-order valence-electron chi connectivity index (χ3n) is 5.12. The molecule has 3 rings (SSSR count). The van der Waals surface area contributed by atoms with Gasteiger partial charge in [-0.1, -0.05) is 17.7 Å². The van der Waals surface area contributed by atoms with E-state index in [1.165, 1.54) is 0 Å². The van der Waals surface area contributed by atoms with Crippen LogP contribution in [0.15, 0.2) is 42.5 Å². The van der Waals surface area contributed by atoms with E-state index >= 15 is 0 Å². The highest BCUT2D eigenvalue weighted by Gasteiger charge is 2.28. The van der Waals surface area contributed by atoms with E-state index in [0.29, 0.717) is 48.7 Å². The van der Waals surface area contributed by atoms with Crippen LogP contribution in [0.1, 0.15) is 28.8 Å². The van der Waals surface area contributed by atoms with Crippen LogP contribution >= 0.6 is 0 Å². The molecule has 1 aliphatic rings. The minimum atomic E-state index is -0.141. The van der Waals surface area contributed by atoms with Crippen molar-refractivity contribution >= 4 is 17.5 Å². The van der Waals surface area contributed by atoms with Gasteiger partial charge in [-0.2, -0.15) is 0 Å². The lowest BCUT2D eigenvalue weighted by atomic mass is 9.95. The van der Waals surface area contributed by atoms with Gasteiger partial charge in [-0.05, 0) is 44.0 Å². The molecule has 1 N–H and O–H groups in total. The van der Waals surface area contributed by atoms with Gasteiger partial charge >= 0.3 is 0 Å². The molecule has 6 heteroatoms. The van der Waals surface area contributed by atoms with Crippen LogP contribution in [-0.2, 0) is 4.79 Å². The predicted octanol–water partition coefficient (Wildman–Crippen LogP) is 3.50. The molecule has 2 aromatic carbocycles. The fraction of sp³-hybridized carbons (Fsp3) is 0.364. The van der Waals surface area contributed by atoms with Crippen molar-refractivity contribution in [3.05, 3.63) is 53.6 Å². The van der Waals surface area contributed by atoms with E-state index in [4.69, 9.17) is 9.47 Å². The highest BCUT2D eigenvalue weighted by atomic mass is 16.5. The number of anilines is 1. The number of benzene rings is 2. The lowest BCUT2D eigenvalue weighted by Crippen LogP contribution is -2.41. The zero-order chi connectivity index (χ0) is 20.1. The number of carbonyl (C=O) groups is 2. The zero-order valence-electron chi connectivity index (χ0n) is 16.5. The van der Waals surface area contributed by atoms with Crippen LogP contribution in [0.5, 0.6) is 11.5 Å². The predicted molar refractivity (Wildman–Crippen MR) is 108 cm³/mol. The van der Waals surface area contributed by atoms with Gasteiger partial charge in [-0.15, -0.1) is 0 Å². The Labute approximate surface area is 165 Å². The summed E-state index contributed by atoms with van der Waals surface area (Å²) in [5.41, 5.74) is 2.40. The first-order chi connectivity index (χ1) is 13.5. The smallest absolute Gasteiger partial charge is 0.253 e. The summed E-state index contributed by atoms with van der Waals surface area (Å²) in [5, 5.41) is 2.94. The topological polar surface area (TPSA) is 67.9 Å². The molecule has 0 spiro atoms. The average Bonchev–Trinajstić information content (AvgIpc) is 2.73. The van der Waals surface area contributed by atoms with Crippen molar-refractivity contribution in [1.82, 2.24) is 4.90 Å². The van der Waals surface area contributed by atoms with Crippen molar-refractivity contribution in [3.8, 4) is 11.5 Å². The number of rotatable bonds is 5. The molecule has 6 nitrogen and oxygen atoms in total. The summed E-state index contributed by atoms with van der Waals surface area (Å²) in [6.45, 7) is 3.13. The van der Waals surface area contributed by atoms with Crippen LogP contribution in [0.2, 0.25) is 0 Å². The van der Waals surface area contributed by atoms with Crippen molar-refractivity contribution in [2.24, 2.45) is 5.92 Å². The van der Waals surface area contributed by atoms with Crippen LogP contribution in [0.4, 0.5) is 5.69 Å². The molecule has 0 aromatic heterocycles. The maximum Gasteiger partial charge on any atom is 0.253 e. The van der Waals surface area contributed by atoms with Crippen molar-refractivity contribution in [3.63, 3.8) is 0 Å². The summed E-state index contributed by atoms with van der Waals surface area (Å²) in [5.74, 6) is 1.05. The number of aryl methyl sites for hydroxylation is 1. The molecule has 1 saturated heterocycles. The summed E-state index contributed by atoms with van der Waals surface area (Å²) < 4.78 is 10.5. The SMILES string of the molecule is COc1ccc(OC)c(NC(=O)C2CCN(C(=O)c3ccc(C)cc3)CC2)c1. The second-order valence-corrected chi connectivity index (χ2v) is 6.99. The van der Waals surface area contributed by atoms with Crippen molar-refractivity contribution in [2.45, 2.75) is 19.8 Å². The molecule has 0 unspecified atom stereocenters. The number of hydrogen-bond acceptors (Lipinski definition) is 4. The summed E-state index contributed by atoms with van der Waals surface area (Å²) in [7, 11) is 3.14. The van der Waals surface area contributed by atoms with Gasteiger partial charge in [-0.25, -0.2) is 0 Å². The van der Waals surface area contributed by atoms with Crippen molar-refractivity contribution in [2.75, 3.05) is 32.6 Å². The number of ether oxygens (including phenoxy) is 2. The van der Waals surface area contributed by atoms with E-state index in [-0.39, 0.29) is 17.7 Å². The Kier molecular flexibility index (Phi) is 6.19. The Balaban J connectivity index is 1.59. The number of amides is 2.